The maximum Gasteiger partial charge on any atom is 0.0579 e. The number of rotatable bonds is 0. The average molecular weight is 209 g/mol. The molecule has 13 heavy (non-hydrogen) atoms. The van der Waals surface area contributed by atoms with Gasteiger partial charge in [-0.05, 0) is 47.0 Å². The summed E-state index contributed by atoms with van der Waals surface area (Å²) in [4.78, 5) is 0. The van der Waals surface area contributed by atoms with E-state index in [1.165, 1.54) is 11.5 Å². The lowest BCUT2D eigenvalue weighted by Gasteiger charge is -2.46. The molecule has 4 heteroatoms. The Morgan fingerprint density at radius 3 is 1.62 bits per heavy atom. The molecule has 0 aromatic carbocycles. The molecule has 0 atom stereocenters. The Morgan fingerprint density at radius 1 is 1.08 bits per heavy atom. The predicted molar refractivity (Wildman–Crippen MR) is 52.6 cm³/mol. The van der Waals surface area contributed by atoms with Crippen LogP contribution in [0.3, 0.4) is 0 Å². The van der Waals surface area contributed by atoms with E-state index >= 15 is 0 Å². The van der Waals surface area contributed by atoms with Gasteiger partial charge in [0, 0.05) is 11.1 Å². The SMILES string of the molecule is CC1(C)CCCC(C)(C)N1[O].OCl. The van der Waals surface area contributed by atoms with Gasteiger partial charge in [-0.2, -0.15) is 0 Å². The Labute approximate surface area is 85.4 Å². The zero-order chi connectivity index (χ0) is 10.7. The molecule has 3 nitrogen and oxygen atoms in total. The number of hydrogen-bond acceptors (Lipinski definition) is 2. The van der Waals surface area contributed by atoms with E-state index in [4.69, 9.17) is 4.66 Å². The van der Waals surface area contributed by atoms with Crippen LogP contribution < -0.4 is 0 Å². The van der Waals surface area contributed by atoms with Gasteiger partial charge in [-0.3, -0.25) is 4.66 Å². The van der Waals surface area contributed by atoms with E-state index in [0.717, 1.165) is 12.8 Å². The summed E-state index contributed by atoms with van der Waals surface area (Å²) >= 11 is 3.64. The minimum atomic E-state index is -0.151. The predicted octanol–water partition coefficient (Wildman–Crippen LogP) is 2.51. The van der Waals surface area contributed by atoms with Crippen LogP contribution in [0, 0.1) is 0 Å². The molecular formula is C9H19ClNO2. The standard InChI is InChI=1S/C9H18NO.ClHO/c1-8(2)6-5-7-9(3,4)10(8)11;1-2/h5-7H2,1-4H3;2H. The van der Waals surface area contributed by atoms with Crippen LogP contribution in [0.4, 0.5) is 0 Å². The Morgan fingerprint density at radius 2 is 1.38 bits per heavy atom. The number of hydroxylamine groups is 2. The third-order valence-corrected chi connectivity index (χ3v) is 2.68. The molecule has 1 aliphatic rings. The molecule has 1 N–H and O–H groups in total. The first-order chi connectivity index (χ1) is 5.86. The molecular weight excluding hydrogens is 190 g/mol. The van der Waals surface area contributed by atoms with E-state index < -0.39 is 0 Å². The normalized spacial score (nSPS) is 26.1. The highest BCUT2D eigenvalue weighted by molar-refractivity contribution is 6.04. The molecule has 79 valence electrons. The van der Waals surface area contributed by atoms with Crippen LogP contribution in [0.25, 0.3) is 0 Å². The summed E-state index contributed by atoms with van der Waals surface area (Å²) in [5.74, 6) is 0. The van der Waals surface area contributed by atoms with Gasteiger partial charge in [0.2, 0.25) is 0 Å². The molecule has 0 amide bonds. The fourth-order valence-electron chi connectivity index (χ4n) is 1.98. The highest BCUT2D eigenvalue weighted by atomic mass is 35.5. The third kappa shape index (κ3) is 3.09. The van der Waals surface area contributed by atoms with E-state index in [-0.39, 0.29) is 11.1 Å². The van der Waals surface area contributed by atoms with Crippen LogP contribution in [0.15, 0.2) is 0 Å². The third-order valence-electron chi connectivity index (χ3n) is 2.68. The molecule has 0 bridgehead atoms. The Kier molecular flexibility index (Phi) is 4.66. The first-order valence-electron chi connectivity index (χ1n) is 4.51. The fourth-order valence-corrected chi connectivity index (χ4v) is 1.98. The molecule has 0 aromatic rings. The van der Waals surface area contributed by atoms with Crippen molar-refractivity contribution in [2.75, 3.05) is 0 Å². The molecule has 0 saturated carbocycles. The van der Waals surface area contributed by atoms with Crippen LogP contribution in [0.2, 0.25) is 0 Å². The van der Waals surface area contributed by atoms with Gasteiger partial charge in [0.25, 0.3) is 0 Å². The molecule has 1 heterocycles. The first kappa shape index (κ1) is 13.2. The van der Waals surface area contributed by atoms with Crippen LogP contribution in [-0.4, -0.2) is 20.8 Å². The van der Waals surface area contributed by atoms with Crippen molar-refractivity contribution >= 4 is 11.9 Å². The van der Waals surface area contributed by atoms with Gasteiger partial charge in [-0.1, -0.05) is 0 Å². The van der Waals surface area contributed by atoms with E-state index in [1.807, 2.05) is 27.7 Å². The summed E-state index contributed by atoms with van der Waals surface area (Å²) < 4.78 is 6.47. The van der Waals surface area contributed by atoms with Crippen molar-refractivity contribution < 1.29 is 9.87 Å². The zero-order valence-corrected chi connectivity index (χ0v) is 9.56. The van der Waals surface area contributed by atoms with Crippen molar-refractivity contribution in [3.8, 4) is 0 Å². The molecule has 0 unspecified atom stereocenters. The van der Waals surface area contributed by atoms with Gasteiger partial charge < -0.3 is 0 Å². The molecule has 1 aliphatic heterocycles. The van der Waals surface area contributed by atoms with Crippen LogP contribution >= 0.6 is 11.9 Å². The Bertz CT molecular complexity index is 144. The first-order valence-corrected chi connectivity index (χ1v) is 4.84. The fraction of sp³-hybridized carbons (Fsp3) is 1.00. The van der Waals surface area contributed by atoms with Crippen molar-refractivity contribution in [1.29, 1.82) is 0 Å². The minimum absolute atomic E-state index is 0.151. The van der Waals surface area contributed by atoms with Crippen molar-refractivity contribution in [2.24, 2.45) is 0 Å². The lowest BCUT2D eigenvalue weighted by molar-refractivity contribution is -0.286. The maximum atomic E-state index is 11.7. The summed E-state index contributed by atoms with van der Waals surface area (Å²) in [5.41, 5.74) is -0.302. The van der Waals surface area contributed by atoms with E-state index in [1.54, 1.807) is 0 Å². The maximum absolute atomic E-state index is 11.7. The molecule has 1 saturated heterocycles. The molecule has 0 aliphatic carbocycles. The van der Waals surface area contributed by atoms with Crippen LogP contribution in [0.1, 0.15) is 47.0 Å². The van der Waals surface area contributed by atoms with Crippen LogP contribution in [0.5, 0.6) is 0 Å². The second-order valence-corrected chi connectivity index (χ2v) is 4.77. The van der Waals surface area contributed by atoms with Gasteiger partial charge in [-0.25, -0.2) is 0 Å². The Balaban J connectivity index is 0.000000671. The largest absolute Gasteiger partial charge is 0.295 e. The Hall–Kier alpha value is 0.170. The van der Waals surface area contributed by atoms with Crippen LogP contribution in [-0.2, 0) is 5.21 Å². The van der Waals surface area contributed by atoms with Gasteiger partial charge in [-0.15, -0.1) is 10.3 Å². The van der Waals surface area contributed by atoms with Crippen molar-refractivity contribution in [2.45, 2.75) is 58.0 Å². The van der Waals surface area contributed by atoms with Crippen molar-refractivity contribution in [3.05, 3.63) is 0 Å². The molecule has 0 aromatic heterocycles. The topological polar surface area (TPSA) is 43.4 Å². The number of halogens is 1. The van der Waals surface area contributed by atoms with Gasteiger partial charge in [0.15, 0.2) is 0 Å². The summed E-state index contributed by atoms with van der Waals surface area (Å²) in [7, 11) is 0. The average Bonchev–Trinajstić information content (AvgIpc) is 2.04. The number of piperidine rings is 1. The van der Waals surface area contributed by atoms with Gasteiger partial charge in [0.1, 0.15) is 0 Å². The molecule has 1 fully saturated rings. The number of nitrogens with zero attached hydrogens (tertiary/aromatic N) is 1. The van der Waals surface area contributed by atoms with E-state index in [2.05, 4.69) is 11.9 Å². The second-order valence-electron chi connectivity index (χ2n) is 4.77. The number of hydrogen-bond donors (Lipinski definition) is 1. The monoisotopic (exact) mass is 208 g/mol. The summed E-state index contributed by atoms with van der Waals surface area (Å²) in [5, 5.41) is 13.0. The van der Waals surface area contributed by atoms with Crippen molar-refractivity contribution in [3.63, 3.8) is 0 Å². The second kappa shape index (κ2) is 4.60. The lowest BCUT2D eigenvalue weighted by Crippen LogP contribution is -2.55. The molecule has 0 spiro atoms. The molecule has 1 radical (unpaired) electrons. The van der Waals surface area contributed by atoms with Gasteiger partial charge in [0.05, 0.1) is 11.9 Å². The summed E-state index contributed by atoms with van der Waals surface area (Å²) in [6, 6.07) is 0. The smallest absolute Gasteiger partial charge is 0.0579 e. The highest BCUT2D eigenvalue weighted by Gasteiger charge is 2.41. The summed E-state index contributed by atoms with van der Waals surface area (Å²) in [6.45, 7) is 8.11. The van der Waals surface area contributed by atoms with E-state index in [0.29, 0.717) is 0 Å². The molecule has 1 rings (SSSR count). The minimum Gasteiger partial charge on any atom is -0.295 e. The highest BCUT2D eigenvalue weighted by Crippen LogP contribution is 2.36. The van der Waals surface area contributed by atoms with E-state index in [9.17, 15) is 5.21 Å². The van der Waals surface area contributed by atoms with Gasteiger partial charge >= 0.3 is 0 Å². The quantitative estimate of drug-likeness (QED) is 0.665. The summed E-state index contributed by atoms with van der Waals surface area (Å²) in [6.07, 6.45) is 3.23. The van der Waals surface area contributed by atoms with Crippen molar-refractivity contribution in [1.82, 2.24) is 5.06 Å². The lowest BCUT2D eigenvalue weighted by atomic mass is 9.82. The zero-order valence-electron chi connectivity index (χ0n) is 8.80.